The first-order chi connectivity index (χ1) is 14.5. The zero-order chi connectivity index (χ0) is 21.1. The van der Waals surface area contributed by atoms with Gasteiger partial charge in [-0.25, -0.2) is 4.21 Å². The Morgan fingerprint density at radius 3 is 2.27 bits per heavy atom. The van der Waals surface area contributed by atoms with Gasteiger partial charge in [0.25, 0.3) is 0 Å². The van der Waals surface area contributed by atoms with Crippen molar-refractivity contribution in [2.45, 2.75) is 9.79 Å². The zero-order valence-electron chi connectivity index (χ0n) is 16.0. The molecule has 0 saturated heterocycles. The van der Waals surface area contributed by atoms with Crippen LogP contribution in [-0.2, 0) is 11.0 Å². The van der Waals surface area contributed by atoms with Gasteiger partial charge in [-0.15, -0.1) is 0 Å². The summed E-state index contributed by atoms with van der Waals surface area (Å²) >= 11 is 13.7. The van der Waals surface area contributed by atoms with Gasteiger partial charge in [0.15, 0.2) is 11.0 Å². The molecular weight excluding hydrogens is 455 g/mol. The first kappa shape index (κ1) is 21.1. The Kier molecular flexibility index (Phi) is 6.54. The van der Waals surface area contributed by atoms with E-state index in [-0.39, 0.29) is 0 Å². The average molecular weight is 473 g/mol. The normalized spacial score (nSPS) is 12.0. The number of rotatable bonds is 6. The van der Waals surface area contributed by atoms with E-state index in [0.29, 0.717) is 10.0 Å². The van der Waals surface area contributed by atoms with E-state index >= 15 is 0 Å². The van der Waals surface area contributed by atoms with E-state index in [2.05, 4.69) is 10.8 Å². The fourth-order valence-electron chi connectivity index (χ4n) is 3.05. The number of halogens is 2. The molecule has 30 heavy (non-hydrogen) atoms. The van der Waals surface area contributed by atoms with Gasteiger partial charge in [0.2, 0.25) is 0 Å². The summed E-state index contributed by atoms with van der Waals surface area (Å²) in [6.45, 7) is 0. The molecule has 0 fully saturated rings. The highest BCUT2D eigenvalue weighted by molar-refractivity contribution is 8.00. The number of anilines is 2. The van der Waals surface area contributed by atoms with Crippen LogP contribution >= 0.6 is 35.1 Å². The molecule has 0 aromatic heterocycles. The molecule has 0 spiro atoms. The van der Waals surface area contributed by atoms with Gasteiger partial charge in [0, 0.05) is 27.4 Å². The average Bonchev–Trinajstić information content (AvgIpc) is 2.76. The van der Waals surface area contributed by atoms with Gasteiger partial charge in [-0.05, 0) is 59.8 Å². The van der Waals surface area contributed by atoms with Crippen molar-refractivity contribution >= 4 is 68.3 Å². The largest absolute Gasteiger partial charge is 0.325 e. The van der Waals surface area contributed by atoms with E-state index in [1.165, 1.54) is 11.9 Å². The summed E-state index contributed by atoms with van der Waals surface area (Å²) in [7, 11) is 0.522. The summed E-state index contributed by atoms with van der Waals surface area (Å²) in [4.78, 5) is 1.66. The molecule has 0 bridgehead atoms. The molecule has 0 aliphatic carbocycles. The summed E-state index contributed by atoms with van der Waals surface area (Å²) in [6.07, 6.45) is 0. The van der Waals surface area contributed by atoms with Gasteiger partial charge in [-0.3, -0.25) is 4.31 Å². The number of fused-ring (bicyclic) bond motifs is 1. The third-order valence-electron chi connectivity index (χ3n) is 4.52. The molecule has 0 heterocycles. The minimum Gasteiger partial charge on any atom is -0.325 e. The Balaban J connectivity index is 1.68. The predicted molar refractivity (Wildman–Crippen MR) is 131 cm³/mol. The van der Waals surface area contributed by atoms with Crippen molar-refractivity contribution in [2.24, 2.45) is 0 Å². The van der Waals surface area contributed by atoms with Gasteiger partial charge < -0.3 is 4.72 Å². The van der Waals surface area contributed by atoms with Crippen LogP contribution in [0.15, 0.2) is 94.7 Å². The lowest BCUT2D eigenvalue weighted by atomic mass is 10.1. The Hall–Kier alpha value is -2.18. The quantitative estimate of drug-likeness (QED) is 0.296. The molecule has 1 atom stereocenters. The highest BCUT2D eigenvalue weighted by Gasteiger charge is 2.14. The number of nitrogens with one attached hydrogen (secondary N) is 1. The van der Waals surface area contributed by atoms with Gasteiger partial charge in [-0.1, -0.05) is 65.7 Å². The first-order valence-corrected chi connectivity index (χ1v) is 11.8. The maximum Gasteiger partial charge on any atom is 0.152 e. The number of hydrogen-bond acceptors (Lipinski definition) is 3. The summed E-state index contributed by atoms with van der Waals surface area (Å²) in [5.41, 5.74) is 1.77. The Morgan fingerprint density at radius 2 is 1.53 bits per heavy atom. The molecule has 0 aliphatic rings. The maximum absolute atomic E-state index is 13.0. The van der Waals surface area contributed by atoms with E-state index in [1.54, 1.807) is 10.4 Å². The minimum atomic E-state index is -1.31. The predicted octanol–water partition coefficient (Wildman–Crippen LogP) is 7.42. The minimum absolute atomic E-state index is 0.586. The van der Waals surface area contributed by atoms with Crippen molar-refractivity contribution in [1.82, 2.24) is 0 Å². The molecule has 7 heteroatoms. The molecule has 4 aromatic rings. The zero-order valence-corrected chi connectivity index (χ0v) is 19.2. The van der Waals surface area contributed by atoms with Crippen molar-refractivity contribution in [3.63, 3.8) is 0 Å². The molecule has 0 aliphatic heterocycles. The van der Waals surface area contributed by atoms with E-state index in [9.17, 15) is 4.21 Å². The molecule has 0 amide bonds. The fraction of sp³-hybridized carbons (Fsp3) is 0.0435. The van der Waals surface area contributed by atoms with E-state index < -0.39 is 11.0 Å². The lowest BCUT2D eigenvalue weighted by Gasteiger charge is -2.20. The van der Waals surface area contributed by atoms with Crippen LogP contribution in [0.25, 0.3) is 10.8 Å². The highest BCUT2D eigenvalue weighted by atomic mass is 35.5. The Labute approximate surface area is 192 Å². The standard InChI is InChI=1S/C23H18Cl2N2OS2/c1-27(30(28)21-8-3-2-4-9-21)19-11-16-7-5-6-10-22(16)23(15-19)26-29-20-13-17(24)12-18(25)14-20/h2-15,26H,1H3. The first-order valence-electron chi connectivity index (χ1n) is 9.14. The van der Waals surface area contributed by atoms with E-state index in [4.69, 9.17) is 23.2 Å². The lowest BCUT2D eigenvalue weighted by molar-refractivity contribution is 0.682. The fourth-order valence-corrected chi connectivity index (χ4v) is 5.48. The van der Waals surface area contributed by atoms with Crippen LogP contribution in [0.4, 0.5) is 11.4 Å². The van der Waals surface area contributed by atoms with Crippen LogP contribution in [-0.4, -0.2) is 11.3 Å². The SMILES string of the molecule is CN(c1cc(NSc2cc(Cl)cc(Cl)c2)c2ccccc2c1)S(=O)c1ccccc1. The van der Waals surface area contributed by atoms with Crippen LogP contribution in [0.1, 0.15) is 0 Å². The monoisotopic (exact) mass is 472 g/mol. The van der Waals surface area contributed by atoms with Gasteiger partial charge in [-0.2, -0.15) is 0 Å². The number of benzene rings is 4. The van der Waals surface area contributed by atoms with E-state index in [0.717, 1.165) is 31.9 Å². The van der Waals surface area contributed by atoms with Crippen molar-refractivity contribution < 1.29 is 4.21 Å². The van der Waals surface area contributed by atoms with Gasteiger partial charge >= 0.3 is 0 Å². The third kappa shape index (κ3) is 4.76. The van der Waals surface area contributed by atoms with Gasteiger partial charge in [0.1, 0.15) is 0 Å². The number of nitrogens with zero attached hydrogens (tertiary/aromatic N) is 1. The molecule has 4 rings (SSSR count). The van der Waals surface area contributed by atoms with Crippen molar-refractivity contribution in [3.05, 3.63) is 95.0 Å². The second-order valence-corrected chi connectivity index (χ2v) is 9.85. The smallest absolute Gasteiger partial charge is 0.152 e. The van der Waals surface area contributed by atoms with Crippen LogP contribution in [0.2, 0.25) is 10.0 Å². The van der Waals surface area contributed by atoms with E-state index in [1.807, 2.05) is 79.8 Å². The molecule has 0 saturated carbocycles. The van der Waals surface area contributed by atoms with Crippen LogP contribution in [0, 0.1) is 0 Å². The summed E-state index contributed by atoms with van der Waals surface area (Å²) in [6, 6.07) is 27.0. The molecule has 152 valence electrons. The summed E-state index contributed by atoms with van der Waals surface area (Å²) in [5.74, 6) is 0. The van der Waals surface area contributed by atoms with Crippen LogP contribution < -0.4 is 9.03 Å². The van der Waals surface area contributed by atoms with Crippen molar-refractivity contribution in [3.8, 4) is 0 Å². The molecule has 4 aromatic carbocycles. The highest BCUT2D eigenvalue weighted by Crippen LogP contribution is 2.34. The molecule has 1 N–H and O–H groups in total. The topological polar surface area (TPSA) is 32.3 Å². The summed E-state index contributed by atoms with van der Waals surface area (Å²) < 4.78 is 18.2. The second kappa shape index (κ2) is 9.31. The van der Waals surface area contributed by atoms with Crippen LogP contribution in [0.5, 0.6) is 0 Å². The molecule has 3 nitrogen and oxygen atoms in total. The Morgan fingerprint density at radius 1 is 0.867 bits per heavy atom. The molecule has 0 radical (unpaired) electrons. The molecular formula is C23H18Cl2N2OS2. The number of hydrogen-bond donors (Lipinski definition) is 1. The van der Waals surface area contributed by atoms with Crippen molar-refractivity contribution in [2.75, 3.05) is 16.1 Å². The Bertz CT molecular complexity index is 1200. The lowest BCUT2D eigenvalue weighted by Crippen LogP contribution is -2.20. The molecule has 1 unspecified atom stereocenters. The maximum atomic E-state index is 13.0. The third-order valence-corrected chi connectivity index (χ3v) is 7.13. The second-order valence-electron chi connectivity index (χ2n) is 6.58. The van der Waals surface area contributed by atoms with Crippen LogP contribution in [0.3, 0.4) is 0 Å². The van der Waals surface area contributed by atoms with Crippen molar-refractivity contribution in [1.29, 1.82) is 0 Å². The van der Waals surface area contributed by atoms with Gasteiger partial charge in [0.05, 0.1) is 16.3 Å². The summed E-state index contributed by atoms with van der Waals surface area (Å²) in [5, 5.41) is 3.30.